The lowest BCUT2D eigenvalue weighted by molar-refractivity contribution is -0.118. The average Bonchev–Trinajstić information content (AvgIpc) is 2.46. The van der Waals surface area contributed by atoms with Crippen molar-refractivity contribution in [3.8, 4) is 0 Å². The molecule has 1 aromatic carbocycles. The number of ketones is 1. The summed E-state index contributed by atoms with van der Waals surface area (Å²) in [5.74, 6) is 0.768. The summed E-state index contributed by atoms with van der Waals surface area (Å²) in [5, 5.41) is 4.75. The minimum atomic E-state index is -1.75. The Balaban J connectivity index is 3.09. The normalized spacial score (nSPS) is 15.5. The molecule has 2 nitrogen and oxygen atoms in total. The van der Waals surface area contributed by atoms with E-state index in [-0.39, 0.29) is 11.7 Å². The van der Waals surface area contributed by atoms with E-state index in [9.17, 15) is 4.79 Å². The molecule has 0 fully saturated rings. The van der Waals surface area contributed by atoms with E-state index in [2.05, 4.69) is 83.4 Å². The van der Waals surface area contributed by atoms with Gasteiger partial charge in [-0.3, -0.25) is 4.79 Å². The third kappa shape index (κ3) is 5.34. The second-order valence-electron chi connectivity index (χ2n) is 8.17. The van der Waals surface area contributed by atoms with E-state index in [0.29, 0.717) is 17.5 Å². The number of carbonyl (C=O) groups excluding carboxylic acids is 1. The fourth-order valence-electron chi connectivity index (χ4n) is 4.11. The lowest BCUT2D eigenvalue weighted by Crippen LogP contribution is -2.50. The second-order valence-corrected chi connectivity index (χ2v) is 12.9. The molecule has 0 amide bonds. The summed E-state index contributed by atoms with van der Waals surface area (Å²) in [5.41, 5.74) is 1.37. The Bertz CT molecular complexity index is 560. The predicted molar refractivity (Wildman–Crippen MR) is 108 cm³/mol. The Morgan fingerprint density at radius 2 is 1.58 bits per heavy atom. The Morgan fingerprint density at radius 3 is 2.04 bits per heavy atom. The molecule has 134 valence electrons. The Labute approximate surface area is 149 Å². The molecule has 24 heavy (non-hydrogen) atoms. The van der Waals surface area contributed by atoms with Crippen LogP contribution in [0.1, 0.15) is 41.5 Å². The summed E-state index contributed by atoms with van der Waals surface area (Å²) >= 11 is 0. The van der Waals surface area contributed by atoms with Crippen LogP contribution >= 0.6 is 0 Å². The van der Waals surface area contributed by atoms with Crippen LogP contribution in [0.2, 0.25) is 18.6 Å². The Hall–Kier alpha value is -1.35. The maximum atomic E-state index is 12.9. The van der Waals surface area contributed by atoms with Crippen molar-refractivity contribution in [2.45, 2.75) is 66.2 Å². The van der Waals surface area contributed by atoms with Crippen LogP contribution < -0.4 is 10.5 Å². The molecular formula is C21H35NOSi. The van der Waals surface area contributed by atoms with E-state index in [4.69, 9.17) is 0 Å². The average molecular weight is 346 g/mol. The zero-order valence-electron chi connectivity index (χ0n) is 16.7. The molecule has 0 spiro atoms. The number of nitrogens with one attached hydrogen (secondary N) is 1. The fraction of sp³-hybridized carbons (Fsp3) is 0.571. The summed E-state index contributed by atoms with van der Waals surface area (Å²) < 4.78 is 0. The van der Waals surface area contributed by atoms with Crippen LogP contribution in [-0.2, 0) is 4.79 Å². The maximum absolute atomic E-state index is 12.9. The van der Waals surface area contributed by atoms with E-state index in [1.807, 2.05) is 6.92 Å². The van der Waals surface area contributed by atoms with Crippen LogP contribution in [0.3, 0.4) is 0 Å². The summed E-state index contributed by atoms with van der Waals surface area (Å²) in [6.45, 7) is 17.6. The highest BCUT2D eigenvalue weighted by Gasteiger charge is 2.40. The van der Waals surface area contributed by atoms with E-state index in [1.165, 1.54) is 5.19 Å². The number of rotatable bonds is 8. The van der Waals surface area contributed by atoms with Crippen LogP contribution in [-0.4, -0.2) is 19.9 Å². The van der Waals surface area contributed by atoms with Gasteiger partial charge in [-0.15, -0.1) is 0 Å². The van der Waals surface area contributed by atoms with E-state index in [1.54, 1.807) is 6.08 Å². The van der Waals surface area contributed by atoms with Crippen molar-refractivity contribution in [2.24, 2.45) is 11.8 Å². The Kier molecular flexibility index (Phi) is 7.46. The molecule has 0 unspecified atom stereocenters. The first-order chi connectivity index (χ1) is 11.1. The number of hydrogen-bond donors (Lipinski definition) is 1. The number of carbonyl (C=O) groups is 1. The highest BCUT2D eigenvalue weighted by atomic mass is 28.3. The first-order valence-electron chi connectivity index (χ1n) is 9.11. The molecule has 2 atom stereocenters. The third-order valence-electron chi connectivity index (χ3n) is 4.93. The van der Waals surface area contributed by atoms with E-state index in [0.717, 1.165) is 5.70 Å². The van der Waals surface area contributed by atoms with Crippen LogP contribution in [0.5, 0.6) is 0 Å². The molecule has 3 heteroatoms. The van der Waals surface area contributed by atoms with Gasteiger partial charge in [-0.1, -0.05) is 69.4 Å². The van der Waals surface area contributed by atoms with Gasteiger partial charge in [-0.2, -0.15) is 0 Å². The Morgan fingerprint density at radius 1 is 1.04 bits per heavy atom. The minimum Gasteiger partial charge on any atom is -0.386 e. The van der Waals surface area contributed by atoms with Gasteiger partial charge >= 0.3 is 0 Å². The number of allylic oxidation sites excluding steroid dienone is 2. The van der Waals surface area contributed by atoms with Crippen LogP contribution in [0.4, 0.5) is 0 Å². The molecular weight excluding hydrogens is 310 g/mol. The van der Waals surface area contributed by atoms with Crippen molar-refractivity contribution in [1.29, 1.82) is 0 Å². The van der Waals surface area contributed by atoms with Gasteiger partial charge in [0.25, 0.3) is 0 Å². The van der Waals surface area contributed by atoms with E-state index >= 15 is 0 Å². The number of benzene rings is 1. The maximum Gasteiger partial charge on any atom is 0.160 e. The highest BCUT2D eigenvalue weighted by Crippen LogP contribution is 2.37. The topological polar surface area (TPSA) is 29.1 Å². The molecule has 0 aromatic heterocycles. The van der Waals surface area contributed by atoms with Gasteiger partial charge < -0.3 is 5.32 Å². The second kappa shape index (κ2) is 8.66. The molecule has 0 heterocycles. The first-order valence-corrected chi connectivity index (χ1v) is 12.2. The predicted octanol–water partition coefficient (Wildman–Crippen LogP) is 4.74. The molecule has 0 aliphatic rings. The SMILES string of the molecule is C/C(=C/C(=O)[C@@H](C)[C@H](C(C)C)[Si](C)(C)c1ccccc1)NC(C)C. The van der Waals surface area contributed by atoms with Crippen LogP contribution in [0.25, 0.3) is 0 Å². The lowest BCUT2D eigenvalue weighted by atomic mass is 9.93. The molecule has 0 radical (unpaired) electrons. The molecule has 0 bridgehead atoms. The van der Waals surface area contributed by atoms with Crippen molar-refractivity contribution >= 4 is 19.0 Å². The molecule has 0 saturated carbocycles. The largest absolute Gasteiger partial charge is 0.386 e. The van der Waals surface area contributed by atoms with E-state index < -0.39 is 8.07 Å². The molecule has 0 aliphatic carbocycles. The monoisotopic (exact) mass is 345 g/mol. The minimum absolute atomic E-state index is 0.0378. The molecule has 0 aliphatic heterocycles. The van der Waals surface area contributed by atoms with Crippen molar-refractivity contribution < 1.29 is 4.79 Å². The fourth-order valence-corrected chi connectivity index (χ4v) is 8.63. The number of hydrogen-bond acceptors (Lipinski definition) is 2. The van der Waals surface area contributed by atoms with Gasteiger partial charge in [0, 0.05) is 23.7 Å². The highest BCUT2D eigenvalue weighted by molar-refractivity contribution is 6.91. The summed E-state index contributed by atoms with van der Waals surface area (Å²) in [4.78, 5) is 12.9. The molecule has 1 rings (SSSR count). The molecule has 0 saturated heterocycles. The first kappa shape index (κ1) is 20.7. The van der Waals surface area contributed by atoms with Gasteiger partial charge in [0.15, 0.2) is 5.78 Å². The zero-order chi connectivity index (χ0) is 18.5. The quantitative estimate of drug-likeness (QED) is 0.545. The van der Waals surface area contributed by atoms with Gasteiger partial charge in [-0.25, -0.2) is 0 Å². The standard InChI is InChI=1S/C21H35NOSi/c1-15(2)21(24(7,8)19-12-10-9-11-13-19)18(6)20(23)14-17(5)22-16(3)4/h9-16,18,21-22H,1-8H3/b17-14-/t18-,21+/m1/s1. The lowest BCUT2D eigenvalue weighted by Gasteiger charge is -2.39. The molecule has 1 N–H and O–H groups in total. The van der Waals surface area contributed by atoms with Gasteiger partial charge in [0.05, 0.1) is 8.07 Å². The zero-order valence-corrected chi connectivity index (χ0v) is 17.7. The summed E-state index contributed by atoms with van der Waals surface area (Å²) in [6.07, 6.45) is 1.80. The summed E-state index contributed by atoms with van der Waals surface area (Å²) in [6, 6.07) is 11.1. The van der Waals surface area contributed by atoms with Crippen LogP contribution in [0, 0.1) is 11.8 Å². The van der Waals surface area contributed by atoms with Crippen molar-refractivity contribution in [1.82, 2.24) is 5.32 Å². The van der Waals surface area contributed by atoms with Gasteiger partial charge in [0.2, 0.25) is 0 Å². The van der Waals surface area contributed by atoms with Crippen molar-refractivity contribution in [2.75, 3.05) is 0 Å². The molecule has 1 aromatic rings. The van der Waals surface area contributed by atoms with Crippen LogP contribution in [0.15, 0.2) is 42.1 Å². The smallest absolute Gasteiger partial charge is 0.160 e. The van der Waals surface area contributed by atoms with Gasteiger partial charge in [-0.05, 0) is 32.2 Å². The van der Waals surface area contributed by atoms with Gasteiger partial charge in [0.1, 0.15) is 0 Å². The van der Waals surface area contributed by atoms with Crippen molar-refractivity contribution in [3.63, 3.8) is 0 Å². The third-order valence-corrected chi connectivity index (χ3v) is 9.59. The summed E-state index contributed by atoms with van der Waals surface area (Å²) in [7, 11) is -1.75. The van der Waals surface area contributed by atoms with Crippen molar-refractivity contribution in [3.05, 3.63) is 42.1 Å².